The first-order chi connectivity index (χ1) is 15.9. The van der Waals surface area contributed by atoms with E-state index in [0.29, 0.717) is 24.0 Å². The van der Waals surface area contributed by atoms with E-state index in [4.69, 9.17) is 9.72 Å². The van der Waals surface area contributed by atoms with Gasteiger partial charge in [-0.3, -0.25) is 0 Å². The second-order valence-electron chi connectivity index (χ2n) is 9.67. The van der Waals surface area contributed by atoms with Crippen LogP contribution in [0.4, 0.5) is 11.5 Å². The molecule has 0 unspecified atom stereocenters. The van der Waals surface area contributed by atoms with E-state index >= 15 is 0 Å². The molecule has 1 aromatic heterocycles. The summed E-state index contributed by atoms with van der Waals surface area (Å²) < 4.78 is 5.25. The van der Waals surface area contributed by atoms with Gasteiger partial charge < -0.3 is 20.3 Å². The van der Waals surface area contributed by atoms with E-state index in [9.17, 15) is 5.26 Å². The Balaban J connectivity index is 1.62. The van der Waals surface area contributed by atoms with Crippen molar-refractivity contribution in [3.63, 3.8) is 0 Å². The second-order valence-corrected chi connectivity index (χ2v) is 9.67. The highest BCUT2D eigenvalue weighted by atomic mass is 16.5. The van der Waals surface area contributed by atoms with Gasteiger partial charge in [0, 0.05) is 36.6 Å². The largest absolute Gasteiger partial charge is 0.497 e. The third-order valence-electron chi connectivity index (χ3n) is 6.04. The predicted octanol–water partition coefficient (Wildman–Crippen LogP) is 5.08. The van der Waals surface area contributed by atoms with E-state index in [1.807, 2.05) is 42.5 Å². The van der Waals surface area contributed by atoms with Gasteiger partial charge in [0.25, 0.3) is 0 Å². The van der Waals surface area contributed by atoms with Crippen molar-refractivity contribution < 1.29 is 4.74 Å². The van der Waals surface area contributed by atoms with Crippen molar-refractivity contribution in [1.29, 1.82) is 5.26 Å². The summed E-state index contributed by atoms with van der Waals surface area (Å²) in [7, 11) is 1.66. The van der Waals surface area contributed by atoms with Gasteiger partial charge in [-0.05, 0) is 57.4 Å². The molecular weight excluding hydrogens is 410 g/mol. The van der Waals surface area contributed by atoms with Gasteiger partial charge in [0.1, 0.15) is 23.2 Å². The average molecular weight is 444 g/mol. The third kappa shape index (κ3) is 5.37. The number of pyridine rings is 1. The number of para-hydroxylation sites is 1. The SMILES string of the molecule is COc1ccc(CNc2nc3ccccc3c(N3CCC(NC(C)(C)C)CC3)c2C#N)cc1. The van der Waals surface area contributed by atoms with Crippen molar-refractivity contribution in [2.75, 3.05) is 30.4 Å². The molecule has 0 aliphatic carbocycles. The van der Waals surface area contributed by atoms with E-state index in [1.54, 1.807) is 7.11 Å². The molecule has 2 aromatic carbocycles. The molecule has 1 aliphatic rings. The Hall–Kier alpha value is -3.30. The van der Waals surface area contributed by atoms with Crippen LogP contribution in [0.5, 0.6) is 5.75 Å². The molecule has 2 heterocycles. The number of nitrogens with one attached hydrogen (secondary N) is 2. The third-order valence-corrected chi connectivity index (χ3v) is 6.04. The molecule has 6 nitrogen and oxygen atoms in total. The minimum Gasteiger partial charge on any atom is -0.497 e. The Morgan fingerprint density at radius 1 is 1.09 bits per heavy atom. The average Bonchev–Trinajstić information content (AvgIpc) is 2.81. The lowest BCUT2D eigenvalue weighted by molar-refractivity contribution is 0.317. The number of rotatable bonds is 6. The molecule has 1 aliphatic heterocycles. The standard InChI is InChI=1S/C27H33N5O/c1-27(2,3)31-20-13-15-32(16-14-20)25-22-7-5-6-8-24(22)30-26(23(25)17-28)29-18-19-9-11-21(33-4)12-10-19/h5-12,20,31H,13-16,18H2,1-4H3,(H,29,30). The van der Waals surface area contributed by atoms with Crippen LogP contribution >= 0.6 is 0 Å². The fraction of sp³-hybridized carbons (Fsp3) is 0.407. The number of nitrogens with zero attached hydrogens (tertiary/aromatic N) is 3. The molecule has 33 heavy (non-hydrogen) atoms. The number of methoxy groups -OCH3 is 1. The van der Waals surface area contributed by atoms with Gasteiger partial charge in [-0.15, -0.1) is 0 Å². The zero-order valence-corrected chi connectivity index (χ0v) is 20.0. The molecule has 0 bridgehead atoms. The van der Waals surface area contributed by atoms with Crippen LogP contribution in [0.25, 0.3) is 10.9 Å². The fourth-order valence-electron chi connectivity index (χ4n) is 4.55. The molecule has 4 rings (SSSR count). The Morgan fingerprint density at radius 3 is 2.42 bits per heavy atom. The summed E-state index contributed by atoms with van der Waals surface area (Å²) in [4.78, 5) is 7.18. The minimum absolute atomic E-state index is 0.104. The number of benzene rings is 2. The van der Waals surface area contributed by atoms with Gasteiger partial charge in [0.05, 0.1) is 18.3 Å². The maximum absolute atomic E-state index is 10.2. The number of fused-ring (bicyclic) bond motifs is 1. The molecule has 0 radical (unpaired) electrons. The van der Waals surface area contributed by atoms with E-state index in [2.05, 4.69) is 48.4 Å². The predicted molar refractivity (Wildman–Crippen MR) is 135 cm³/mol. The van der Waals surface area contributed by atoms with Crippen LogP contribution in [-0.2, 0) is 6.54 Å². The van der Waals surface area contributed by atoms with Gasteiger partial charge in [0.2, 0.25) is 0 Å². The molecule has 172 valence electrons. The molecule has 0 saturated carbocycles. The number of nitriles is 1. The number of hydrogen-bond donors (Lipinski definition) is 2. The highest BCUT2D eigenvalue weighted by Gasteiger charge is 2.26. The van der Waals surface area contributed by atoms with Gasteiger partial charge in [-0.2, -0.15) is 5.26 Å². The lowest BCUT2D eigenvalue weighted by Crippen LogP contribution is -2.49. The number of hydrogen-bond acceptors (Lipinski definition) is 6. The second kappa shape index (κ2) is 9.68. The number of anilines is 2. The topological polar surface area (TPSA) is 73.2 Å². The zero-order valence-electron chi connectivity index (χ0n) is 20.0. The van der Waals surface area contributed by atoms with E-state index in [0.717, 1.165) is 53.8 Å². The molecule has 1 saturated heterocycles. The molecule has 1 fully saturated rings. The highest BCUT2D eigenvalue weighted by Crippen LogP contribution is 2.35. The summed E-state index contributed by atoms with van der Waals surface area (Å²) >= 11 is 0. The fourth-order valence-corrected chi connectivity index (χ4v) is 4.55. The van der Waals surface area contributed by atoms with Crippen molar-refractivity contribution >= 4 is 22.4 Å². The van der Waals surface area contributed by atoms with E-state index in [-0.39, 0.29) is 5.54 Å². The first kappa shape index (κ1) is 22.9. The summed E-state index contributed by atoms with van der Waals surface area (Å²) in [6, 6.07) is 19.0. The van der Waals surface area contributed by atoms with Crippen LogP contribution in [-0.4, -0.2) is 36.8 Å². The molecular formula is C27H33N5O. The van der Waals surface area contributed by atoms with Gasteiger partial charge in [-0.1, -0.05) is 30.3 Å². The maximum Gasteiger partial charge on any atom is 0.147 e. The molecule has 6 heteroatoms. The van der Waals surface area contributed by atoms with Gasteiger partial charge >= 0.3 is 0 Å². The smallest absolute Gasteiger partial charge is 0.147 e. The molecule has 0 atom stereocenters. The summed E-state index contributed by atoms with van der Waals surface area (Å²) in [5, 5.41) is 18.4. The van der Waals surface area contributed by atoms with Crippen molar-refractivity contribution in [3.8, 4) is 11.8 Å². The lowest BCUT2D eigenvalue weighted by Gasteiger charge is -2.38. The Labute approximate surface area is 196 Å². The lowest BCUT2D eigenvalue weighted by atomic mass is 9.98. The number of piperidine rings is 1. The quantitative estimate of drug-likeness (QED) is 0.553. The van der Waals surface area contributed by atoms with E-state index in [1.165, 1.54) is 0 Å². The van der Waals surface area contributed by atoms with Crippen LogP contribution in [0, 0.1) is 11.3 Å². The highest BCUT2D eigenvalue weighted by molar-refractivity contribution is 5.97. The first-order valence-corrected chi connectivity index (χ1v) is 11.6. The van der Waals surface area contributed by atoms with Crippen LogP contribution in [0.3, 0.4) is 0 Å². The zero-order chi connectivity index (χ0) is 23.4. The normalized spacial score (nSPS) is 14.8. The van der Waals surface area contributed by atoms with Crippen LogP contribution in [0.2, 0.25) is 0 Å². The molecule has 2 N–H and O–H groups in total. The summed E-state index contributed by atoms with van der Waals surface area (Å²) in [6.07, 6.45) is 2.10. The van der Waals surface area contributed by atoms with Crippen LogP contribution in [0.1, 0.15) is 44.7 Å². The Morgan fingerprint density at radius 2 is 1.79 bits per heavy atom. The number of ether oxygens (including phenoxy) is 1. The Bertz CT molecular complexity index is 1140. The van der Waals surface area contributed by atoms with E-state index < -0.39 is 0 Å². The molecule has 0 spiro atoms. The summed E-state index contributed by atoms with van der Waals surface area (Å²) in [5.74, 6) is 1.46. The number of aromatic nitrogens is 1. The van der Waals surface area contributed by atoms with Crippen molar-refractivity contribution in [2.45, 2.75) is 51.7 Å². The first-order valence-electron chi connectivity index (χ1n) is 11.6. The van der Waals surface area contributed by atoms with Crippen LogP contribution in [0.15, 0.2) is 48.5 Å². The van der Waals surface area contributed by atoms with Gasteiger partial charge in [-0.25, -0.2) is 4.98 Å². The molecule has 3 aromatic rings. The molecule has 0 amide bonds. The monoisotopic (exact) mass is 443 g/mol. The summed E-state index contributed by atoms with van der Waals surface area (Å²) in [6.45, 7) is 9.04. The van der Waals surface area contributed by atoms with Crippen molar-refractivity contribution in [3.05, 3.63) is 59.7 Å². The van der Waals surface area contributed by atoms with Crippen molar-refractivity contribution in [2.24, 2.45) is 0 Å². The van der Waals surface area contributed by atoms with Gasteiger partial charge in [0.15, 0.2) is 0 Å². The Kier molecular flexibility index (Phi) is 6.71. The summed E-state index contributed by atoms with van der Waals surface area (Å²) in [5.41, 5.74) is 3.72. The minimum atomic E-state index is 0.104. The maximum atomic E-state index is 10.2. The van der Waals surface area contributed by atoms with Crippen molar-refractivity contribution in [1.82, 2.24) is 10.3 Å². The van der Waals surface area contributed by atoms with Crippen LogP contribution < -0.4 is 20.3 Å².